The van der Waals surface area contributed by atoms with Crippen molar-refractivity contribution in [3.63, 3.8) is 0 Å². The number of hydrogen-bond donors (Lipinski definition) is 1. The quantitative estimate of drug-likeness (QED) is 0.844. The minimum Gasteiger partial charge on any atom is -0.393 e. The summed E-state index contributed by atoms with van der Waals surface area (Å²) in [6, 6.07) is 6.27. The second-order valence-corrected chi connectivity index (χ2v) is 6.48. The van der Waals surface area contributed by atoms with Crippen LogP contribution in [0, 0.1) is 5.82 Å². The lowest BCUT2D eigenvalue weighted by Crippen LogP contribution is -2.14. The topological polar surface area (TPSA) is 54.4 Å². The zero-order chi connectivity index (χ0) is 12.9. The molecule has 1 aromatic carbocycles. The summed E-state index contributed by atoms with van der Waals surface area (Å²) in [6.07, 6.45) is 1.44. The highest BCUT2D eigenvalue weighted by molar-refractivity contribution is 7.90. The molecule has 0 saturated carbocycles. The van der Waals surface area contributed by atoms with E-state index in [1.54, 1.807) is 18.2 Å². The van der Waals surface area contributed by atoms with Gasteiger partial charge < -0.3 is 5.11 Å². The summed E-state index contributed by atoms with van der Waals surface area (Å²) < 4.78 is 35.0. The van der Waals surface area contributed by atoms with Gasteiger partial charge in [-0.1, -0.05) is 18.2 Å². The van der Waals surface area contributed by atoms with Crippen molar-refractivity contribution in [1.82, 2.24) is 0 Å². The SMILES string of the molecule is CS(=O)(=O)CCCC(O)Cc1ccccc1F. The number of rotatable bonds is 6. The van der Waals surface area contributed by atoms with E-state index >= 15 is 0 Å². The van der Waals surface area contributed by atoms with Crippen LogP contribution in [-0.2, 0) is 16.3 Å². The Morgan fingerprint density at radius 2 is 2.00 bits per heavy atom. The third-order valence-corrected chi connectivity index (χ3v) is 3.50. The molecule has 1 rings (SSSR count). The Hall–Kier alpha value is -0.940. The summed E-state index contributed by atoms with van der Waals surface area (Å²) in [5.74, 6) is -0.281. The van der Waals surface area contributed by atoms with Gasteiger partial charge in [-0.05, 0) is 24.5 Å². The van der Waals surface area contributed by atoms with Gasteiger partial charge in [0.2, 0.25) is 0 Å². The maximum atomic E-state index is 13.3. The molecule has 5 heteroatoms. The Morgan fingerprint density at radius 1 is 1.35 bits per heavy atom. The summed E-state index contributed by atoms with van der Waals surface area (Å²) in [4.78, 5) is 0. The van der Waals surface area contributed by atoms with E-state index in [2.05, 4.69) is 0 Å². The Balaban J connectivity index is 2.40. The summed E-state index contributed by atoms with van der Waals surface area (Å²) in [5, 5.41) is 9.66. The summed E-state index contributed by atoms with van der Waals surface area (Å²) >= 11 is 0. The van der Waals surface area contributed by atoms with Crippen molar-refractivity contribution in [2.45, 2.75) is 25.4 Å². The third kappa shape index (κ3) is 5.79. The van der Waals surface area contributed by atoms with Gasteiger partial charge in [-0.25, -0.2) is 12.8 Å². The molecule has 0 fully saturated rings. The summed E-state index contributed by atoms with van der Waals surface area (Å²) in [7, 11) is -2.99. The molecule has 1 aromatic rings. The van der Waals surface area contributed by atoms with Gasteiger partial charge in [0.25, 0.3) is 0 Å². The molecule has 0 spiro atoms. The van der Waals surface area contributed by atoms with Gasteiger partial charge in [0.1, 0.15) is 15.7 Å². The predicted octanol–water partition coefficient (Wildman–Crippen LogP) is 1.55. The fourth-order valence-electron chi connectivity index (χ4n) is 1.60. The van der Waals surface area contributed by atoms with Crippen molar-refractivity contribution in [2.75, 3.05) is 12.0 Å². The highest BCUT2D eigenvalue weighted by Crippen LogP contribution is 2.12. The van der Waals surface area contributed by atoms with Crippen LogP contribution in [-0.4, -0.2) is 31.6 Å². The van der Waals surface area contributed by atoms with E-state index in [1.807, 2.05) is 0 Å². The maximum Gasteiger partial charge on any atom is 0.147 e. The van der Waals surface area contributed by atoms with E-state index in [9.17, 15) is 17.9 Å². The van der Waals surface area contributed by atoms with Crippen LogP contribution in [0.3, 0.4) is 0 Å². The Kier molecular flexibility index (Phi) is 5.08. The predicted molar refractivity (Wildman–Crippen MR) is 65.1 cm³/mol. The number of benzene rings is 1. The number of sulfone groups is 1. The molecule has 96 valence electrons. The fourth-order valence-corrected chi connectivity index (χ4v) is 2.29. The first kappa shape index (κ1) is 14.1. The molecular weight excluding hydrogens is 243 g/mol. The first-order valence-electron chi connectivity index (χ1n) is 5.47. The van der Waals surface area contributed by atoms with Crippen LogP contribution in [0.2, 0.25) is 0 Å². The highest BCUT2D eigenvalue weighted by atomic mass is 32.2. The lowest BCUT2D eigenvalue weighted by Gasteiger charge is -2.10. The van der Waals surface area contributed by atoms with E-state index in [0.29, 0.717) is 18.4 Å². The van der Waals surface area contributed by atoms with Gasteiger partial charge in [-0.15, -0.1) is 0 Å². The van der Waals surface area contributed by atoms with E-state index in [-0.39, 0.29) is 18.0 Å². The van der Waals surface area contributed by atoms with Crippen LogP contribution in [0.4, 0.5) is 4.39 Å². The number of aliphatic hydroxyl groups excluding tert-OH is 1. The molecule has 0 radical (unpaired) electrons. The molecule has 0 saturated heterocycles. The average Bonchev–Trinajstić information content (AvgIpc) is 2.19. The first-order chi connectivity index (χ1) is 7.88. The van der Waals surface area contributed by atoms with Crippen molar-refractivity contribution in [2.24, 2.45) is 0 Å². The van der Waals surface area contributed by atoms with Gasteiger partial charge in [-0.3, -0.25) is 0 Å². The van der Waals surface area contributed by atoms with Crippen molar-refractivity contribution in [1.29, 1.82) is 0 Å². The lowest BCUT2D eigenvalue weighted by atomic mass is 10.0. The first-order valence-corrected chi connectivity index (χ1v) is 7.54. The molecular formula is C12H17FO3S. The van der Waals surface area contributed by atoms with E-state index in [4.69, 9.17) is 0 Å². The molecule has 1 atom stereocenters. The maximum absolute atomic E-state index is 13.3. The van der Waals surface area contributed by atoms with Crippen LogP contribution in [0.25, 0.3) is 0 Å². The molecule has 0 bridgehead atoms. The third-order valence-electron chi connectivity index (χ3n) is 2.47. The highest BCUT2D eigenvalue weighted by Gasteiger charge is 2.10. The summed E-state index contributed by atoms with van der Waals surface area (Å²) in [5.41, 5.74) is 0.458. The molecule has 1 unspecified atom stereocenters. The molecule has 0 amide bonds. The molecule has 0 aromatic heterocycles. The van der Waals surface area contributed by atoms with Crippen molar-refractivity contribution in [3.05, 3.63) is 35.6 Å². The zero-order valence-corrected chi connectivity index (χ0v) is 10.6. The van der Waals surface area contributed by atoms with Gasteiger partial charge in [-0.2, -0.15) is 0 Å². The van der Waals surface area contributed by atoms with Crippen molar-refractivity contribution >= 4 is 9.84 Å². The Labute approximate surface area is 101 Å². The molecule has 3 nitrogen and oxygen atoms in total. The molecule has 0 heterocycles. The van der Waals surface area contributed by atoms with Crippen LogP contribution in [0.1, 0.15) is 18.4 Å². The lowest BCUT2D eigenvalue weighted by molar-refractivity contribution is 0.163. The van der Waals surface area contributed by atoms with Crippen molar-refractivity contribution < 1.29 is 17.9 Å². The van der Waals surface area contributed by atoms with Crippen LogP contribution >= 0.6 is 0 Å². The van der Waals surface area contributed by atoms with Gasteiger partial charge in [0, 0.05) is 18.4 Å². The van der Waals surface area contributed by atoms with Crippen molar-refractivity contribution in [3.8, 4) is 0 Å². The largest absolute Gasteiger partial charge is 0.393 e. The number of halogens is 1. The molecule has 1 N–H and O–H groups in total. The van der Waals surface area contributed by atoms with Crippen LogP contribution < -0.4 is 0 Å². The molecule has 0 aliphatic rings. The second-order valence-electron chi connectivity index (χ2n) is 4.22. The number of aliphatic hydroxyl groups is 1. The molecule has 0 aliphatic carbocycles. The van der Waals surface area contributed by atoms with Gasteiger partial charge in [0.05, 0.1) is 6.10 Å². The standard InChI is InChI=1S/C12H17FO3S/c1-17(15,16)8-4-6-11(14)9-10-5-2-3-7-12(10)13/h2-3,5,7,11,14H,4,6,8-9H2,1H3. The smallest absolute Gasteiger partial charge is 0.147 e. The normalized spacial score (nSPS) is 13.6. The Morgan fingerprint density at radius 3 is 2.59 bits per heavy atom. The Bertz CT molecular complexity index is 457. The van der Waals surface area contributed by atoms with Gasteiger partial charge >= 0.3 is 0 Å². The average molecular weight is 260 g/mol. The van der Waals surface area contributed by atoms with E-state index in [1.165, 1.54) is 6.07 Å². The second kappa shape index (κ2) is 6.12. The molecule has 0 aliphatic heterocycles. The number of hydrogen-bond acceptors (Lipinski definition) is 3. The minimum atomic E-state index is -2.99. The minimum absolute atomic E-state index is 0.0569. The summed E-state index contributed by atoms with van der Waals surface area (Å²) in [6.45, 7) is 0. The van der Waals surface area contributed by atoms with Crippen LogP contribution in [0.15, 0.2) is 24.3 Å². The molecule has 17 heavy (non-hydrogen) atoms. The van der Waals surface area contributed by atoms with E-state index < -0.39 is 15.9 Å². The fraction of sp³-hybridized carbons (Fsp3) is 0.500. The van der Waals surface area contributed by atoms with E-state index in [0.717, 1.165) is 6.26 Å². The van der Waals surface area contributed by atoms with Crippen LogP contribution in [0.5, 0.6) is 0 Å². The van der Waals surface area contributed by atoms with Gasteiger partial charge in [0.15, 0.2) is 0 Å². The zero-order valence-electron chi connectivity index (χ0n) is 9.77. The monoisotopic (exact) mass is 260 g/mol.